The lowest BCUT2D eigenvalue weighted by Crippen LogP contribution is -2.23. The molecule has 0 aliphatic carbocycles. The van der Waals surface area contributed by atoms with Crippen LogP contribution in [0, 0.1) is 11.3 Å². The summed E-state index contributed by atoms with van der Waals surface area (Å²) in [4.78, 5) is 17.8. The maximum absolute atomic E-state index is 13.1. The molecule has 0 fully saturated rings. The summed E-state index contributed by atoms with van der Waals surface area (Å²) in [6, 6.07) is 10.4. The molecule has 1 atom stereocenters. The van der Waals surface area contributed by atoms with Crippen molar-refractivity contribution in [2.45, 2.75) is 26.2 Å². The first-order valence-corrected chi connectivity index (χ1v) is 10.7. The predicted molar refractivity (Wildman–Crippen MR) is 123 cm³/mol. The predicted octanol–water partition coefficient (Wildman–Crippen LogP) is 5.76. The number of hydrogen-bond acceptors (Lipinski definition) is 5. The molecule has 1 aromatic heterocycles. The van der Waals surface area contributed by atoms with Crippen LogP contribution >= 0.6 is 39.1 Å². The molecule has 2 aromatic carbocycles. The highest BCUT2D eigenvalue weighted by molar-refractivity contribution is 9.10. The van der Waals surface area contributed by atoms with Gasteiger partial charge in [-0.15, -0.1) is 0 Å². The van der Waals surface area contributed by atoms with Crippen LogP contribution in [0.5, 0.6) is 5.75 Å². The molecule has 0 saturated heterocycles. The number of aromatic nitrogens is 2. The van der Waals surface area contributed by atoms with Gasteiger partial charge in [0.2, 0.25) is 0 Å². The van der Waals surface area contributed by atoms with E-state index in [0.29, 0.717) is 22.3 Å². The molecule has 0 radical (unpaired) electrons. The highest BCUT2D eigenvalue weighted by Crippen LogP contribution is 2.33. The van der Waals surface area contributed by atoms with Crippen LogP contribution in [0.25, 0.3) is 10.9 Å². The fourth-order valence-corrected chi connectivity index (χ4v) is 3.77. The van der Waals surface area contributed by atoms with Crippen LogP contribution in [-0.4, -0.2) is 22.5 Å². The standard InChI is InChI=1S/C21H17BrCl2N4O2/c1-3-12(2)20-27-18-5-4-14(22)10-15(18)21(29)28(20)26-11-13-8-16(23)19(17(24)9-13)30-7-6-25/h4-5,8-12H,3,7H2,1-2H3/t12-/m1/s1. The van der Waals surface area contributed by atoms with Gasteiger partial charge in [-0.25, -0.2) is 4.98 Å². The Bertz CT molecular complexity index is 1210. The summed E-state index contributed by atoms with van der Waals surface area (Å²) < 4.78 is 7.33. The quantitative estimate of drug-likeness (QED) is 0.397. The highest BCUT2D eigenvalue weighted by Gasteiger charge is 2.16. The molecule has 9 heteroatoms. The Morgan fingerprint density at radius 3 is 2.67 bits per heavy atom. The van der Waals surface area contributed by atoms with E-state index in [1.165, 1.54) is 10.9 Å². The summed E-state index contributed by atoms with van der Waals surface area (Å²) in [5, 5.41) is 14.0. The monoisotopic (exact) mass is 506 g/mol. The molecule has 3 rings (SSSR count). The topological polar surface area (TPSA) is 80.3 Å². The second kappa shape index (κ2) is 9.61. The fraction of sp³-hybridized carbons (Fsp3) is 0.238. The molecule has 0 aliphatic heterocycles. The third-order valence-corrected chi connectivity index (χ3v) is 5.57. The van der Waals surface area contributed by atoms with Crippen LogP contribution in [0.4, 0.5) is 0 Å². The zero-order chi connectivity index (χ0) is 21.8. The van der Waals surface area contributed by atoms with E-state index < -0.39 is 0 Å². The number of ether oxygens (including phenoxy) is 1. The van der Waals surface area contributed by atoms with E-state index in [-0.39, 0.29) is 33.9 Å². The average molecular weight is 508 g/mol. The molecule has 154 valence electrons. The molecule has 0 aliphatic rings. The number of hydrogen-bond donors (Lipinski definition) is 0. The molecule has 0 spiro atoms. The summed E-state index contributed by atoms with van der Waals surface area (Å²) in [7, 11) is 0. The van der Waals surface area contributed by atoms with E-state index in [9.17, 15) is 4.79 Å². The van der Waals surface area contributed by atoms with E-state index in [2.05, 4.69) is 26.0 Å². The Morgan fingerprint density at radius 1 is 1.33 bits per heavy atom. The Balaban J connectivity index is 2.10. The van der Waals surface area contributed by atoms with Crippen LogP contribution in [0.3, 0.4) is 0 Å². The zero-order valence-corrected chi connectivity index (χ0v) is 19.3. The van der Waals surface area contributed by atoms with Crippen molar-refractivity contribution < 1.29 is 4.74 Å². The molecule has 1 heterocycles. The van der Waals surface area contributed by atoms with Crippen molar-refractivity contribution >= 4 is 56.2 Å². The van der Waals surface area contributed by atoms with Crippen LogP contribution < -0.4 is 10.3 Å². The second-order valence-corrected chi connectivity index (χ2v) is 8.29. The van der Waals surface area contributed by atoms with Gasteiger partial charge in [0.1, 0.15) is 11.9 Å². The highest BCUT2D eigenvalue weighted by atomic mass is 79.9. The zero-order valence-electron chi connectivity index (χ0n) is 16.2. The van der Waals surface area contributed by atoms with Gasteiger partial charge in [-0.05, 0) is 42.3 Å². The molecule has 3 aromatic rings. The van der Waals surface area contributed by atoms with Crippen molar-refractivity contribution in [1.29, 1.82) is 5.26 Å². The number of benzene rings is 2. The van der Waals surface area contributed by atoms with Gasteiger partial charge in [-0.3, -0.25) is 4.79 Å². The van der Waals surface area contributed by atoms with Gasteiger partial charge in [0.25, 0.3) is 5.56 Å². The number of fused-ring (bicyclic) bond motifs is 1. The lowest BCUT2D eigenvalue weighted by atomic mass is 10.1. The van der Waals surface area contributed by atoms with Crippen molar-refractivity contribution in [2.75, 3.05) is 6.61 Å². The van der Waals surface area contributed by atoms with Gasteiger partial charge < -0.3 is 4.74 Å². The van der Waals surface area contributed by atoms with Gasteiger partial charge in [-0.2, -0.15) is 15.0 Å². The van der Waals surface area contributed by atoms with Gasteiger partial charge in [0.15, 0.2) is 12.4 Å². The van der Waals surface area contributed by atoms with E-state index in [1.807, 2.05) is 26.0 Å². The molecular formula is C21H17BrCl2N4O2. The van der Waals surface area contributed by atoms with Crippen molar-refractivity contribution in [3.8, 4) is 11.8 Å². The number of halogens is 3. The van der Waals surface area contributed by atoms with E-state index in [4.69, 9.17) is 33.2 Å². The lowest BCUT2D eigenvalue weighted by molar-refractivity contribution is 0.368. The van der Waals surface area contributed by atoms with Gasteiger partial charge in [-0.1, -0.05) is 53.0 Å². The number of nitriles is 1. The molecule has 0 saturated carbocycles. The van der Waals surface area contributed by atoms with E-state index in [0.717, 1.165) is 10.9 Å². The maximum atomic E-state index is 13.1. The van der Waals surface area contributed by atoms with Crippen LogP contribution in [-0.2, 0) is 0 Å². The molecule has 0 amide bonds. The van der Waals surface area contributed by atoms with Crippen molar-refractivity contribution in [3.05, 3.63) is 66.6 Å². The average Bonchev–Trinajstić information content (AvgIpc) is 2.72. The molecule has 6 nitrogen and oxygen atoms in total. The molecule has 0 bridgehead atoms. The van der Waals surface area contributed by atoms with Gasteiger partial charge in [0, 0.05) is 10.4 Å². The third kappa shape index (κ3) is 4.67. The minimum Gasteiger partial charge on any atom is -0.476 e. The SMILES string of the molecule is CC[C@@H](C)c1nc2ccc(Br)cc2c(=O)n1N=Cc1cc(Cl)c(OCC#N)c(Cl)c1. The summed E-state index contributed by atoms with van der Waals surface area (Å²) in [6.45, 7) is 3.85. The summed E-state index contributed by atoms with van der Waals surface area (Å²) in [6.07, 6.45) is 2.29. The molecule has 0 N–H and O–H groups in total. The Kier molecular flexibility index (Phi) is 7.14. The third-order valence-electron chi connectivity index (χ3n) is 4.51. The van der Waals surface area contributed by atoms with Crippen LogP contribution in [0.15, 0.2) is 44.7 Å². The second-order valence-electron chi connectivity index (χ2n) is 6.56. The first-order chi connectivity index (χ1) is 14.3. The van der Waals surface area contributed by atoms with E-state index in [1.54, 1.807) is 24.3 Å². The Labute approximate surface area is 191 Å². The molecular weight excluding hydrogens is 491 g/mol. The Morgan fingerprint density at radius 2 is 2.03 bits per heavy atom. The van der Waals surface area contributed by atoms with Crippen LogP contribution in [0.2, 0.25) is 10.0 Å². The van der Waals surface area contributed by atoms with Crippen molar-refractivity contribution in [1.82, 2.24) is 9.66 Å². The van der Waals surface area contributed by atoms with Crippen molar-refractivity contribution in [3.63, 3.8) is 0 Å². The minimum atomic E-state index is -0.265. The first-order valence-electron chi connectivity index (χ1n) is 9.11. The summed E-state index contributed by atoms with van der Waals surface area (Å²) in [5.41, 5.74) is 0.930. The summed E-state index contributed by atoms with van der Waals surface area (Å²) in [5.74, 6) is 0.822. The molecule has 0 unspecified atom stereocenters. The van der Waals surface area contributed by atoms with E-state index >= 15 is 0 Å². The Hall–Kier alpha value is -2.40. The minimum absolute atomic E-state index is 0.0248. The first kappa shape index (κ1) is 22.3. The lowest BCUT2D eigenvalue weighted by Gasteiger charge is -2.14. The molecule has 30 heavy (non-hydrogen) atoms. The summed E-state index contributed by atoms with van der Waals surface area (Å²) >= 11 is 15.8. The number of nitrogens with zero attached hydrogens (tertiary/aromatic N) is 4. The van der Waals surface area contributed by atoms with Gasteiger partial charge >= 0.3 is 0 Å². The number of rotatable bonds is 6. The van der Waals surface area contributed by atoms with Gasteiger partial charge in [0.05, 0.1) is 27.2 Å². The normalized spacial score (nSPS) is 12.3. The smallest absolute Gasteiger partial charge is 0.282 e. The maximum Gasteiger partial charge on any atom is 0.282 e. The van der Waals surface area contributed by atoms with Crippen LogP contribution in [0.1, 0.15) is 37.6 Å². The fourth-order valence-electron chi connectivity index (χ4n) is 2.80. The largest absolute Gasteiger partial charge is 0.476 e. The van der Waals surface area contributed by atoms with Crippen molar-refractivity contribution in [2.24, 2.45) is 5.10 Å².